The quantitative estimate of drug-likeness (QED) is 0.905. The van der Waals surface area contributed by atoms with Crippen molar-refractivity contribution in [3.63, 3.8) is 0 Å². The van der Waals surface area contributed by atoms with E-state index in [1.165, 1.54) is 0 Å². The zero-order valence-corrected chi connectivity index (χ0v) is 11.7. The SMILES string of the molecule is CC(=O)N(C)Cc1ccccc1NC1CCOCC1. The van der Waals surface area contributed by atoms with Crippen LogP contribution in [0, 0.1) is 0 Å². The smallest absolute Gasteiger partial charge is 0.219 e. The Hall–Kier alpha value is -1.55. The lowest BCUT2D eigenvalue weighted by atomic mass is 10.1. The summed E-state index contributed by atoms with van der Waals surface area (Å²) in [6.07, 6.45) is 2.08. The highest BCUT2D eigenvalue weighted by Gasteiger charge is 2.15. The van der Waals surface area contributed by atoms with E-state index in [0.29, 0.717) is 12.6 Å². The molecule has 0 bridgehead atoms. The van der Waals surface area contributed by atoms with Crippen LogP contribution in [-0.2, 0) is 16.1 Å². The van der Waals surface area contributed by atoms with Gasteiger partial charge >= 0.3 is 0 Å². The molecule has 0 atom stereocenters. The van der Waals surface area contributed by atoms with E-state index in [-0.39, 0.29) is 5.91 Å². The molecule has 1 amide bonds. The monoisotopic (exact) mass is 262 g/mol. The number of para-hydroxylation sites is 1. The third-order valence-electron chi connectivity index (χ3n) is 3.54. The molecule has 104 valence electrons. The van der Waals surface area contributed by atoms with Gasteiger partial charge in [-0.3, -0.25) is 4.79 Å². The number of nitrogens with zero attached hydrogens (tertiary/aromatic N) is 1. The maximum Gasteiger partial charge on any atom is 0.219 e. The van der Waals surface area contributed by atoms with Crippen molar-refractivity contribution in [3.8, 4) is 0 Å². The van der Waals surface area contributed by atoms with Crippen LogP contribution in [0.15, 0.2) is 24.3 Å². The van der Waals surface area contributed by atoms with Crippen molar-refractivity contribution < 1.29 is 9.53 Å². The van der Waals surface area contributed by atoms with Crippen molar-refractivity contribution in [1.29, 1.82) is 0 Å². The second-order valence-corrected chi connectivity index (χ2v) is 5.06. The molecule has 1 N–H and O–H groups in total. The molecule has 2 rings (SSSR count). The lowest BCUT2D eigenvalue weighted by molar-refractivity contribution is -0.128. The fourth-order valence-electron chi connectivity index (χ4n) is 2.23. The second-order valence-electron chi connectivity index (χ2n) is 5.06. The summed E-state index contributed by atoms with van der Waals surface area (Å²) in [6, 6.07) is 8.66. The van der Waals surface area contributed by atoms with Crippen LogP contribution in [0.3, 0.4) is 0 Å². The van der Waals surface area contributed by atoms with Gasteiger partial charge in [0.15, 0.2) is 0 Å². The van der Waals surface area contributed by atoms with Crippen molar-refractivity contribution in [1.82, 2.24) is 4.90 Å². The van der Waals surface area contributed by atoms with Gasteiger partial charge in [-0.1, -0.05) is 18.2 Å². The van der Waals surface area contributed by atoms with E-state index in [9.17, 15) is 4.79 Å². The van der Waals surface area contributed by atoms with Crippen LogP contribution in [0.25, 0.3) is 0 Å². The maximum absolute atomic E-state index is 11.3. The van der Waals surface area contributed by atoms with E-state index in [1.54, 1.807) is 11.8 Å². The number of benzene rings is 1. The Morgan fingerprint density at radius 1 is 1.37 bits per heavy atom. The molecule has 0 aliphatic carbocycles. The molecule has 1 aliphatic rings. The summed E-state index contributed by atoms with van der Waals surface area (Å²) >= 11 is 0. The van der Waals surface area contributed by atoms with Crippen LogP contribution < -0.4 is 5.32 Å². The van der Waals surface area contributed by atoms with Gasteiger partial charge in [0.1, 0.15) is 0 Å². The number of rotatable bonds is 4. The predicted octanol–water partition coefficient (Wildman–Crippen LogP) is 2.26. The normalized spacial score (nSPS) is 16.1. The van der Waals surface area contributed by atoms with Gasteiger partial charge in [-0.05, 0) is 24.5 Å². The van der Waals surface area contributed by atoms with Crippen molar-refractivity contribution >= 4 is 11.6 Å². The lowest BCUT2D eigenvalue weighted by Gasteiger charge is -2.26. The summed E-state index contributed by atoms with van der Waals surface area (Å²) < 4.78 is 5.37. The zero-order valence-electron chi connectivity index (χ0n) is 11.7. The van der Waals surface area contributed by atoms with Crippen LogP contribution in [0.2, 0.25) is 0 Å². The molecule has 1 heterocycles. The number of anilines is 1. The number of hydrogen-bond donors (Lipinski definition) is 1. The highest BCUT2D eigenvalue weighted by molar-refractivity contribution is 5.73. The number of ether oxygens (including phenoxy) is 1. The molecule has 1 aliphatic heterocycles. The molecule has 1 fully saturated rings. The number of amides is 1. The van der Waals surface area contributed by atoms with Crippen molar-refractivity contribution in [2.45, 2.75) is 32.4 Å². The fourth-order valence-corrected chi connectivity index (χ4v) is 2.23. The molecule has 0 saturated carbocycles. The summed E-state index contributed by atoms with van der Waals surface area (Å²) in [5.41, 5.74) is 2.29. The minimum absolute atomic E-state index is 0.0841. The van der Waals surface area contributed by atoms with E-state index in [4.69, 9.17) is 4.74 Å². The first kappa shape index (κ1) is 13.9. The minimum atomic E-state index is 0.0841. The molecule has 0 radical (unpaired) electrons. The lowest BCUT2D eigenvalue weighted by Crippen LogP contribution is -2.29. The largest absolute Gasteiger partial charge is 0.382 e. The van der Waals surface area contributed by atoms with Gasteiger partial charge < -0.3 is 15.0 Å². The molecular formula is C15H22N2O2. The summed E-state index contributed by atoms with van der Waals surface area (Å²) in [6.45, 7) is 3.89. The Balaban J connectivity index is 2.04. The maximum atomic E-state index is 11.3. The highest BCUT2D eigenvalue weighted by Crippen LogP contribution is 2.20. The van der Waals surface area contributed by atoms with Gasteiger partial charge in [-0.25, -0.2) is 0 Å². The summed E-state index contributed by atoms with van der Waals surface area (Å²) in [5.74, 6) is 0.0841. The molecular weight excluding hydrogens is 240 g/mol. The standard InChI is InChI=1S/C15H22N2O2/c1-12(18)17(2)11-13-5-3-4-6-15(13)16-14-7-9-19-10-8-14/h3-6,14,16H,7-11H2,1-2H3. The average molecular weight is 262 g/mol. The topological polar surface area (TPSA) is 41.6 Å². The summed E-state index contributed by atoms with van der Waals surface area (Å²) in [4.78, 5) is 13.1. The van der Waals surface area contributed by atoms with Gasteiger partial charge in [-0.15, -0.1) is 0 Å². The molecule has 19 heavy (non-hydrogen) atoms. The van der Waals surface area contributed by atoms with Gasteiger partial charge in [-0.2, -0.15) is 0 Å². The third kappa shape index (κ3) is 3.96. The molecule has 4 nitrogen and oxygen atoms in total. The molecule has 0 spiro atoms. The van der Waals surface area contributed by atoms with Crippen molar-refractivity contribution in [2.75, 3.05) is 25.6 Å². The Kier molecular flexibility index (Phi) is 4.80. The molecule has 1 saturated heterocycles. The first-order valence-corrected chi connectivity index (χ1v) is 6.80. The van der Waals surface area contributed by atoms with Crippen LogP contribution >= 0.6 is 0 Å². The Morgan fingerprint density at radius 2 is 2.05 bits per heavy atom. The predicted molar refractivity (Wildman–Crippen MR) is 76.1 cm³/mol. The molecule has 0 unspecified atom stereocenters. The van der Waals surface area contributed by atoms with Crippen molar-refractivity contribution in [2.24, 2.45) is 0 Å². The fraction of sp³-hybridized carbons (Fsp3) is 0.533. The molecule has 1 aromatic rings. The molecule has 4 heteroatoms. The van der Waals surface area contributed by atoms with Crippen LogP contribution in [0.1, 0.15) is 25.3 Å². The highest BCUT2D eigenvalue weighted by atomic mass is 16.5. The number of hydrogen-bond acceptors (Lipinski definition) is 3. The van der Waals surface area contributed by atoms with E-state index < -0.39 is 0 Å². The summed E-state index contributed by atoms with van der Waals surface area (Å²) in [7, 11) is 1.83. The van der Waals surface area contributed by atoms with Crippen LogP contribution in [0.5, 0.6) is 0 Å². The van der Waals surface area contributed by atoms with E-state index in [1.807, 2.05) is 19.2 Å². The van der Waals surface area contributed by atoms with Gasteiger partial charge in [0.25, 0.3) is 0 Å². The second kappa shape index (κ2) is 6.57. The van der Waals surface area contributed by atoms with Gasteiger partial charge in [0.05, 0.1) is 0 Å². The van der Waals surface area contributed by atoms with Crippen molar-refractivity contribution in [3.05, 3.63) is 29.8 Å². The Bertz CT molecular complexity index is 428. The van der Waals surface area contributed by atoms with Gasteiger partial charge in [0.2, 0.25) is 5.91 Å². The van der Waals surface area contributed by atoms with Gasteiger partial charge in [0, 0.05) is 45.5 Å². The van der Waals surface area contributed by atoms with E-state index in [0.717, 1.165) is 37.3 Å². The minimum Gasteiger partial charge on any atom is -0.382 e. The number of nitrogens with one attached hydrogen (secondary N) is 1. The summed E-state index contributed by atoms with van der Waals surface area (Å²) in [5, 5.41) is 3.58. The molecule has 0 aromatic heterocycles. The van der Waals surface area contributed by atoms with E-state index in [2.05, 4.69) is 17.4 Å². The van der Waals surface area contributed by atoms with Crippen LogP contribution in [0.4, 0.5) is 5.69 Å². The van der Waals surface area contributed by atoms with E-state index >= 15 is 0 Å². The zero-order chi connectivity index (χ0) is 13.7. The Labute approximate surface area is 114 Å². The first-order chi connectivity index (χ1) is 9.16. The van der Waals surface area contributed by atoms with Crippen LogP contribution in [-0.4, -0.2) is 37.1 Å². The number of carbonyl (C=O) groups is 1. The average Bonchev–Trinajstić information content (AvgIpc) is 2.42. The molecule has 1 aromatic carbocycles. The first-order valence-electron chi connectivity index (χ1n) is 6.80. The Morgan fingerprint density at radius 3 is 2.74 bits per heavy atom. The third-order valence-corrected chi connectivity index (χ3v) is 3.54. The number of carbonyl (C=O) groups excluding carboxylic acids is 1.